The summed E-state index contributed by atoms with van der Waals surface area (Å²) in [5, 5.41) is 3.45. The second kappa shape index (κ2) is 5.21. The molecule has 0 aliphatic carbocycles. The fourth-order valence-electron chi connectivity index (χ4n) is 2.28. The van der Waals surface area contributed by atoms with Crippen LogP contribution in [-0.4, -0.2) is 18.2 Å². The molecule has 0 saturated carbocycles. The molecule has 18 heavy (non-hydrogen) atoms. The molecule has 1 fully saturated rings. The zero-order valence-electron chi connectivity index (χ0n) is 10.6. The summed E-state index contributed by atoms with van der Waals surface area (Å²) in [5.41, 5.74) is 3.62. The van der Waals surface area contributed by atoms with Crippen LogP contribution in [0.15, 0.2) is 29.6 Å². The summed E-state index contributed by atoms with van der Waals surface area (Å²) in [5.74, 6) is 0.600. The van der Waals surface area contributed by atoms with Crippen LogP contribution in [0.4, 0.5) is 0 Å². The molecule has 0 radical (unpaired) electrons. The molecule has 2 aromatic rings. The summed E-state index contributed by atoms with van der Waals surface area (Å²) in [6, 6.07) is 8.59. The largest absolute Gasteiger partial charge is 0.381 e. The first-order chi connectivity index (χ1) is 8.83. The van der Waals surface area contributed by atoms with Crippen molar-refractivity contribution in [2.24, 2.45) is 0 Å². The third-order valence-electron chi connectivity index (χ3n) is 3.44. The minimum absolute atomic E-state index is 0.600. The predicted molar refractivity (Wildman–Crippen MR) is 75.1 cm³/mol. The lowest BCUT2D eigenvalue weighted by Gasteiger charge is -2.19. The van der Waals surface area contributed by atoms with Gasteiger partial charge in [-0.15, -0.1) is 11.3 Å². The summed E-state index contributed by atoms with van der Waals surface area (Å²) in [6.07, 6.45) is 2.22. The smallest absolute Gasteiger partial charge is 0.0965 e. The van der Waals surface area contributed by atoms with Gasteiger partial charge in [0.05, 0.1) is 10.7 Å². The summed E-state index contributed by atoms with van der Waals surface area (Å²) < 4.78 is 5.40. The number of nitrogens with zero attached hydrogens (tertiary/aromatic N) is 1. The van der Waals surface area contributed by atoms with E-state index in [1.54, 1.807) is 11.3 Å². The maximum atomic E-state index is 5.40. The molecule has 1 saturated heterocycles. The van der Waals surface area contributed by atoms with Gasteiger partial charge in [0.25, 0.3) is 0 Å². The highest BCUT2D eigenvalue weighted by Crippen LogP contribution is 2.32. The fourth-order valence-corrected chi connectivity index (χ4v) is 3.28. The van der Waals surface area contributed by atoms with Crippen LogP contribution in [-0.2, 0) is 4.74 Å². The van der Waals surface area contributed by atoms with Crippen molar-refractivity contribution >= 4 is 11.3 Å². The van der Waals surface area contributed by atoms with Gasteiger partial charge >= 0.3 is 0 Å². The minimum atomic E-state index is 0.600. The average molecular weight is 259 g/mol. The van der Waals surface area contributed by atoms with Gasteiger partial charge in [-0.25, -0.2) is 4.98 Å². The molecule has 1 aliphatic rings. The third kappa shape index (κ3) is 2.47. The lowest BCUT2D eigenvalue weighted by molar-refractivity contribution is 0.0853. The Morgan fingerprint density at radius 1 is 1.17 bits per heavy atom. The Balaban J connectivity index is 1.82. The van der Waals surface area contributed by atoms with Crippen molar-refractivity contribution in [1.29, 1.82) is 0 Å². The maximum absolute atomic E-state index is 5.40. The minimum Gasteiger partial charge on any atom is -0.381 e. The molecule has 2 heterocycles. The van der Waals surface area contributed by atoms with Gasteiger partial charge < -0.3 is 4.74 Å². The van der Waals surface area contributed by atoms with Gasteiger partial charge in [0.15, 0.2) is 0 Å². The van der Waals surface area contributed by atoms with Gasteiger partial charge in [-0.2, -0.15) is 0 Å². The van der Waals surface area contributed by atoms with Gasteiger partial charge in [0, 0.05) is 30.1 Å². The molecule has 0 N–H and O–H groups in total. The molecule has 1 aromatic carbocycles. The summed E-state index contributed by atoms with van der Waals surface area (Å²) in [7, 11) is 0. The lowest BCUT2D eigenvalue weighted by Crippen LogP contribution is -2.13. The number of aryl methyl sites for hydroxylation is 1. The van der Waals surface area contributed by atoms with Gasteiger partial charge in [-0.3, -0.25) is 0 Å². The second-order valence-corrected chi connectivity index (χ2v) is 5.71. The highest BCUT2D eigenvalue weighted by Gasteiger charge is 2.19. The molecular formula is C15H17NOS. The number of hydrogen-bond acceptors (Lipinski definition) is 3. The van der Waals surface area contributed by atoms with Crippen molar-refractivity contribution in [3.8, 4) is 11.3 Å². The van der Waals surface area contributed by atoms with Crippen LogP contribution in [0.3, 0.4) is 0 Å². The molecule has 3 heteroatoms. The molecule has 1 aliphatic heterocycles. The number of thiazole rings is 1. The molecule has 0 spiro atoms. The van der Waals surface area contributed by atoms with E-state index in [4.69, 9.17) is 9.72 Å². The van der Waals surface area contributed by atoms with E-state index < -0.39 is 0 Å². The van der Waals surface area contributed by atoms with Gasteiger partial charge in [-0.05, 0) is 19.8 Å². The molecule has 1 aromatic heterocycles. The van der Waals surface area contributed by atoms with Crippen LogP contribution >= 0.6 is 11.3 Å². The van der Waals surface area contributed by atoms with E-state index in [0.717, 1.165) is 31.7 Å². The van der Waals surface area contributed by atoms with Crippen LogP contribution in [0.1, 0.15) is 29.3 Å². The lowest BCUT2D eigenvalue weighted by atomic mass is 10.0. The first-order valence-corrected chi connectivity index (χ1v) is 7.31. The Morgan fingerprint density at radius 3 is 2.61 bits per heavy atom. The molecular weight excluding hydrogens is 242 g/mol. The van der Waals surface area contributed by atoms with Crippen LogP contribution in [0, 0.1) is 6.92 Å². The van der Waals surface area contributed by atoms with Crippen molar-refractivity contribution in [3.63, 3.8) is 0 Å². The molecule has 94 valence electrons. The Labute approximate surface area is 112 Å². The van der Waals surface area contributed by atoms with E-state index >= 15 is 0 Å². The number of hydrogen-bond donors (Lipinski definition) is 0. The van der Waals surface area contributed by atoms with Crippen molar-refractivity contribution in [3.05, 3.63) is 40.2 Å². The Hall–Kier alpha value is -1.19. The first kappa shape index (κ1) is 11.9. The van der Waals surface area contributed by atoms with Crippen LogP contribution in [0.25, 0.3) is 11.3 Å². The Morgan fingerprint density at radius 2 is 1.89 bits per heavy atom. The van der Waals surface area contributed by atoms with Crippen molar-refractivity contribution in [2.75, 3.05) is 13.2 Å². The molecule has 0 unspecified atom stereocenters. The van der Waals surface area contributed by atoms with Gasteiger partial charge in [0.2, 0.25) is 0 Å². The van der Waals surface area contributed by atoms with E-state index in [1.807, 2.05) is 0 Å². The molecule has 3 rings (SSSR count). The number of rotatable bonds is 2. The molecule has 0 amide bonds. The number of ether oxygens (including phenoxy) is 1. The summed E-state index contributed by atoms with van der Waals surface area (Å²) >= 11 is 1.79. The molecule has 0 bridgehead atoms. The average Bonchev–Trinajstić information content (AvgIpc) is 2.90. The van der Waals surface area contributed by atoms with Gasteiger partial charge in [-0.1, -0.05) is 29.8 Å². The quantitative estimate of drug-likeness (QED) is 0.813. The highest BCUT2D eigenvalue weighted by atomic mass is 32.1. The van der Waals surface area contributed by atoms with E-state index in [1.165, 1.54) is 16.1 Å². The predicted octanol–water partition coefficient (Wildman–Crippen LogP) is 4.01. The zero-order valence-corrected chi connectivity index (χ0v) is 11.4. The first-order valence-electron chi connectivity index (χ1n) is 6.43. The SMILES string of the molecule is Cc1ccc(-c2csc(C3CCOCC3)n2)cc1. The van der Waals surface area contributed by atoms with Crippen molar-refractivity contribution in [1.82, 2.24) is 4.98 Å². The van der Waals surface area contributed by atoms with Crippen molar-refractivity contribution in [2.45, 2.75) is 25.7 Å². The zero-order chi connectivity index (χ0) is 12.4. The van der Waals surface area contributed by atoms with E-state index in [9.17, 15) is 0 Å². The summed E-state index contributed by atoms with van der Waals surface area (Å²) in [4.78, 5) is 4.80. The summed E-state index contributed by atoms with van der Waals surface area (Å²) in [6.45, 7) is 3.87. The Kier molecular flexibility index (Phi) is 3.43. The van der Waals surface area contributed by atoms with E-state index in [-0.39, 0.29) is 0 Å². The normalized spacial score (nSPS) is 16.9. The van der Waals surface area contributed by atoms with Crippen molar-refractivity contribution < 1.29 is 4.74 Å². The van der Waals surface area contributed by atoms with Crippen LogP contribution < -0.4 is 0 Å². The standard InChI is InChI=1S/C15H17NOS/c1-11-2-4-12(5-3-11)14-10-18-15(16-14)13-6-8-17-9-7-13/h2-5,10,13H,6-9H2,1H3. The monoisotopic (exact) mass is 259 g/mol. The maximum Gasteiger partial charge on any atom is 0.0965 e. The van der Waals surface area contributed by atoms with E-state index in [0.29, 0.717) is 5.92 Å². The van der Waals surface area contributed by atoms with E-state index in [2.05, 4.69) is 36.6 Å². The highest BCUT2D eigenvalue weighted by molar-refractivity contribution is 7.10. The fraction of sp³-hybridized carbons (Fsp3) is 0.400. The van der Waals surface area contributed by atoms with Crippen LogP contribution in [0.5, 0.6) is 0 Å². The molecule has 2 nitrogen and oxygen atoms in total. The second-order valence-electron chi connectivity index (χ2n) is 4.82. The van der Waals surface area contributed by atoms with Crippen LogP contribution in [0.2, 0.25) is 0 Å². The topological polar surface area (TPSA) is 22.1 Å². The number of aromatic nitrogens is 1. The Bertz CT molecular complexity index is 512. The molecule has 0 atom stereocenters. The third-order valence-corrected chi connectivity index (χ3v) is 4.45. The number of benzene rings is 1. The van der Waals surface area contributed by atoms with Gasteiger partial charge in [0.1, 0.15) is 0 Å².